The highest BCUT2D eigenvalue weighted by Crippen LogP contribution is 2.34. The van der Waals surface area contributed by atoms with Crippen LogP contribution in [0, 0.1) is 5.82 Å². The minimum absolute atomic E-state index is 0.0550. The van der Waals surface area contributed by atoms with Crippen LogP contribution in [0.1, 0.15) is 5.56 Å². The van der Waals surface area contributed by atoms with Gasteiger partial charge >= 0.3 is 0 Å². The standard InChI is InChI=1S/C12H9ClFNO4S3/c13-8-2-1-3-9(14)7(8)6-10-11(16)15(12(20)21-10)4-5-22(17,18)19/h1-3,6H,4-5H2,(H,17,18,19). The molecule has 1 amide bonds. The zero-order valence-corrected chi connectivity index (χ0v) is 14.0. The van der Waals surface area contributed by atoms with Crippen molar-refractivity contribution in [2.45, 2.75) is 0 Å². The molecule has 0 radical (unpaired) electrons. The van der Waals surface area contributed by atoms with Gasteiger partial charge in [-0.15, -0.1) is 0 Å². The first-order valence-electron chi connectivity index (χ1n) is 5.83. The molecule has 1 aromatic rings. The van der Waals surface area contributed by atoms with Crippen molar-refractivity contribution in [1.82, 2.24) is 4.90 Å². The van der Waals surface area contributed by atoms with E-state index in [2.05, 4.69) is 0 Å². The summed E-state index contributed by atoms with van der Waals surface area (Å²) < 4.78 is 44.1. The average molecular weight is 382 g/mol. The topological polar surface area (TPSA) is 74.7 Å². The minimum Gasteiger partial charge on any atom is -0.292 e. The van der Waals surface area contributed by atoms with Gasteiger partial charge in [-0.05, 0) is 18.2 Å². The molecule has 1 aromatic carbocycles. The lowest BCUT2D eigenvalue weighted by Crippen LogP contribution is -2.32. The number of carbonyl (C=O) groups is 1. The fraction of sp³-hybridized carbons (Fsp3) is 0.167. The zero-order valence-electron chi connectivity index (χ0n) is 10.8. The Morgan fingerprint density at radius 2 is 2.14 bits per heavy atom. The highest BCUT2D eigenvalue weighted by atomic mass is 35.5. The lowest BCUT2D eigenvalue weighted by molar-refractivity contribution is -0.121. The number of rotatable bonds is 4. The Morgan fingerprint density at radius 3 is 2.73 bits per heavy atom. The van der Waals surface area contributed by atoms with Crippen LogP contribution in [-0.4, -0.2) is 40.4 Å². The number of thioether (sulfide) groups is 1. The SMILES string of the molecule is O=C1C(=Cc2c(F)cccc2Cl)SC(=S)N1CCS(=O)(=O)O. The zero-order chi connectivity index (χ0) is 16.5. The van der Waals surface area contributed by atoms with Crippen molar-refractivity contribution in [2.75, 3.05) is 12.3 Å². The van der Waals surface area contributed by atoms with Gasteiger partial charge in [0.25, 0.3) is 16.0 Å². The number of nitrogens with zero attached hydrogens (tertiary/aromatic N) is 1. The first kappa shape index (κ1) is 17.4. The molecule has 0 spiro atoms. The van der Waals surface area contributed by atoms with Crippen LogP contribution in [-0.2, 0) is 14.9 Å². The van der Waals surface area contributed by atoms with Crippen molar-refractivity contribution in [1.29, 1.82) is 0 Å². The second kappa shape index (κ2) is 6.63. The molecule has 118 valence electrons. The summed E-state index contributed by atoms with van der Waals surface area (Å²) in [6.07, 6.45) is 1.27. The van der Waals surface area contributed by atoms with Gasteiger partial charge in [-0.2, -0.15) is 8.42 Å². The van der Waals surface area contributed by atoms with E-state index in [1.807, 2.05) is 0 Å². The largest absolute Gasteiger partial charge is 0.292 e. The predicted molar refractivity (Wildman–Crippen MR) is 87.7 cm³/mol. The van der Waals surface area contributed by atoms with Crippen LogP contribution in [0.15, 0.2) is 23.1 Å². The third kappa shape index (κ3) is 4.05. The Hall–Kier alpha value is -1.00. The van der Waals surface area contributed by atoms with Gasteiger partial charge in [0.2, 0.25) is 0 Å². The Kier molecular flexibility index (Phi) is 5.23. The maximum Gasteiger partial charge on any atom is 0.266 e. The molecule has 1 heterocycles. The monoisotopic (exact) mass is 381 g/mol. The molecule has 0 bridgehead atoms. The molecular weight excluding hydrogens is 373 g/mol. The molecule has 22 heavy (non-hydrogen) atoms. The summed E-state index contributed by atoms with van der Waals surface area (Å²) in [5, 5.41) is 0.142. The van der Waals surface area contributed by atoms with Gasteiger partial charge in [-0.25, -0.2) is 4.39 Å². The third-order valence-electron chi connectivity index (χ3n) is 2.72. The van der Waals surface area contributed by atoms with Crippen molar-refractivity contribution in [3.8, 4) is 0 Å². The van der Waals surface area contributed by atoms with Crippen LogP contribution in [0.3, 0.4) is 0 Å². The van der Waals surface area contributed by atoms with E-state index in [-0.39, 0.29) is 26.4 Å². The van der Waals surface area contributed by atoms with E-state index in [1.165, 1.54) is 24.3 Å². The summed E-state index contributed by atoms with van der Waals surface area (Å²) in [7, 11) is -4.21. The van der Waals surface area contributed by atoms with Crippen LogP contribution in [0.4, 0.5) is 4.39 Å². The molecule has 10 heteroatoms. The van der Waals surface area contributed by atoms with Crippen LogP contribution in [0.25, 0.3) is 6.08 Å². The molecule has 5 nitrogen and oxygen atoms in total. The molecule has 2 rings (SSSR count). The van der Waals surface area contributed by atoms with E-state index >= 15 is 0 Å². The predicted octanol–water partition coefficient (Wildman–Crippen LogP) is 2.57. The van der Waals surface area contributed by atoms with Crippen LogP contribution >= 0.6 is 35.6 Å². The summed E-state index contributed by atoms with van der Waals surface area (Å²) in [6, 6.07) is 4.12. The van der Waals surface area contributed by atoms with E-state index in [0.29, 0.717) is 0 Å². The van der Waals surface area contributed by atoms with E-state index in [9.17, 15) is 17.6 Å². The Balaban J connectivity index is 2.26. The normalized spacial score (nSPS) is 17.6. The Morgan fingerprint density at radius 1 is 1.45 bits per heavy atom. The van der Waals surface area contributed by atoms with Gasteiger partial charge in [-0.1, -0.05) is 41.6 Å². The number of amides is 1. The van der Waals surface area contributed by atoms with Crippen molar-refractivity contribution >= 4 is 62.0 Å². The summed E-state index contributed by atoms with van der Waals surface area (Å²) in [5.74, 6) is -1.78. The quantitative estimate of drug-likeness (QED) is 0.491. The van der Waals surface area contributed by atoms with Gasteiger partial charge in [0.05, 0.1) is 15.7 Å². The van der Waals surface area contributed by atoms with Crippen molar-refractivity contribution in [3.63, 3.8) is 0 Å². The number of halogens is 2. The number of thiocarbonyl (C=S) groups is 1. The summed E-state index contributed by atoms with van der Waals surface area (Å²) >= 11 is 11.8. The smallest absolute Gasteiger partial charge is 0.266 e. The lowest BCUT2D eigenvalue weighted by atomic mass is 10.2. The fourth-order valence-electron chi connectivity index (χ4n) is 1.68. The van der Waals surface area contributed by atoms with Gasteiger partial charge in [0, 0.05) is 12.1 Å². The maximum atomic E-state index is 13.7. The Labute approximate surface area is 140 Å². The lowest BCUT2D eigenvalue weighted by Gasteiger charge is -2.12. The average Bonchev–Trinajstić information content (AvgIpc) is 2.66. The molecule has 0 saturated carbocycles. The van der Waals surface area contributed by atoms with Gasteiger partial charge in [-0.3, -0.25) is 14.2 Å². The van der Waals surface area contributed by atoms with Crippen molar-refractivity contribution < 1.29 is 22.2 Å². The maximum absolute atomic E-state index is 13.7. The molecule has 0 unspecified atom stereocenters. The van der Waals surface area contributed by atoms with Crippen LogP contribution in [0.5, 0.6) is 0 Å². The highest BCUT2D eigenvalue weighted by molar-refractivity contribution is 8.26. The summed E-state index contributed by atoms with van der Waals surface area (Å²) in [4.78, 5) is 13.3. The molecule has 0 atom stereocenters. The van der Waals surface area contributed by atoms with E-state index < -0.39 is 27.6 Å². The number of hydrogen-bond acceptors (Lipinski definition) is 5. The minimum atomic E-state index is -4.21. The summed E-state index contributed by atoms with van der Waals surface area (Å²) in [5.41, 5.74) is 0.0550. The van der Waals surface area contributed by atoms with Crippen LogP contribution < -0.4 is 0 Å². The number of carbonyl (C=O) groups excluding carboxylic acids is 1. The van der Waals surface area contributed by atoms with Crippen molar-refractivity contribution in [3.05, 3.63) is 39.5 Å². The van der Waals surface area contributed by atoms with Gasteiger partial charge in [0.1, 0.15) is 10.1 Å². The van der Waals surface area contributed by atoms with Gasteiger partial charge < -0.3 is 0 Å². The van der Waals surface area contributed by atoms with E-state index in [4.69, 9.17) is 28.4 Å². The van der Waals surface area contributed by atoms with Crippen LogP contribution in [0.2, 0.25) is 5.02 Å². The highest BCUT2D eigenvalue weighted by Gasteiger charge is 2.32. The third-order valence-corrected chi connectivity index (χ3v) is 5.13. The molecule has 1 saturated heterocycles. The fourth-order valence-corrected chi connectivity index (χ4v) is 3.60. The molecular formula is C12H9ClFNO4S3. The molecule has 1 fully saturated rings. The molecule has 1 aliphatic rings. The Bertz CT molecular complexity index is 758. The molecule has 0 aliphatic carbocycles. The molecule has 1 aliphatic heterocycles. The molecule has 0 aromatic heterocycles. The molecule has 1 N–H and O–H groups in total. The second-order valence-electron chi connectivity index (χ2n) is 4.25. The summed E-state index contributed by atoms with van der Waals surface area (Å²) in [6.45, 7) is -0.272. The van der Waals surface area contributed by atoms with Gasteiger partial charge in [0.15, 0.2) is 0 Å². The van der Waals surface area contributed by atoms with E-state index in [1.54, 1.807) is 0 Å². The first-order valence-corrected chi connectivity index (χ1v) is 9.05. The second-order valence-corrected chi connectivity index (χ2v) is 7.91. The number of hydrogen-bond donors (Lipinski definition) is 1. The first-order chi connectivity index (χ1) is 10.2. The van der Waals surface area contributed by atoms with Crippen molar-refractivity contribution in [2.24, 2.45) is 0 Å². The van der Waals surface area contributed by atoms with E-state index in [0.717, 1.165) is 16.7 Å². The number of benzene rings is 1.